The molecule has 4 heteroatoms. The van der Waals surface area contributed by atoms with Gasteiger partial charge in [0, 0.05) is 32.3 Å². The average molecular weight is 653 g/mol. The van der Waals surface area contributed by atoms with Gasteiger partial charge >= 0.3 is 0 Å². The fourth-order valence-corrected chi connectivity index (χ4v) is 8.84. The Morgan fingerprint density at radius 3 is 1.72 bits per heavy atom. The Hall–Kier alpha value is -5.97. The first-order chi connectivity index (χ1) is 24.8. The summed E-state index contributed by atoms with van der Waals surface area (Å²) in [6.07, 6.45) is 1.99. The van der Waals surface area contributed by atoms with Gasteiger partial charge in [-0.1, -0.05) is 174 Å². The zero-order valence-electron chi connectivity index (χ0n) is 27.1. The van der Waals surface area contributed by atoms with Crippen molar-refractivity contribution in [2.45, 2.75) is 9.79 Å². The van der Waals surface area contributed by atoms with Crippen molar-refractivity contribution in [3.8, 4) is 33.6 Å². The second kappa shape index (κ2) is 11.9. The van der Waals surface area contributed by atoms with E-state index in [0.717, 1.165) is 33.2 Å². The summed E-state index contributed by atoms with van der Waals surface area (Å²) >= 11 is 1.88. The molecule has 0 radical (unpaired) electrons. The van der Waals surface area contributed by atoms with Crippen LogP contribution in [0.2, 0.25) is 0 Å². The lowest BCUT2D eigenvalue weighted by Crippen LogP contribution is -2.55. The summed E-state index contributed by atoms with van der Waals surface area (Å²) in [6, 6.07) is 61.3. The number of hydrogen-bond acceptors (Lipinski definition) is 3. The molecule has 1 aromatic heterocycles. The van der Waals surface area contributed by atoms with E-state index in [1.807, 2.05) is 18.0 Å². The molecule has 9 aromatic rings. The molecule has 50 heavy (non-hydrogen) atoms. The minimum atomic E-state index is 0.223. The number of rotatable bonds is 4. The molecule has 8 aromatic carbocycles. The highest BCUT2D eigenvalue weighted by Gasteiger charge is 2.31. The third-order valence-corrected chi connectivity index (χ3v) is 11.2. The fraction of sp³-hybridized carbons (Fsp3) is 0. The normalized spacial score (nSPS) is 12.3. The van der Waals surface area contributed by atoms with E-state index in [2.05, 4.69) is 170 Å². The van der Waals surface area contributed by atoms with Gasteiger partial charge in [-0.3, -0.25) is 0 Å². The van der Waals surface area contributed by atoms with Crippen LogP contribution in [0.25, 0.3) is 66.1 Å². The number of aromatic nitrogens is 2. The lowest BCUT2D eigenvalue weighted by atomic mass is 9.36. The summed E-state index contributed by atoms with van der Waals surface area (Å²) in [6.45, 7) is 0.223. The van der Waals surface area contributed by atoms with E-state index >= 15 is 0 Å². The molecule has 0 saturated heterocycles. The molecule has 2 heterocycles. The maximum absolute atomic E-state index is 5.20. The summed E-state index contributed by atoms with van der Waals surface area (Å²) in [7, 11) is 0. The van der Waals surface area contributed by atoms with Gasteiger partial charge < -0.3 is 0 Å². The van der Waals surface area contributed by atoms with Gasteiger partial charge in [-0.2, -0.15) is 0 Å². The molecular formula is C46H29BN2S. The van der Waals surface area contributed by atoms with Crippen LogP contribution >= 0.6 is 11.8 Å². The SMILES string of the molecule is c1ccc(B2c3ccccc3Sc3cc(-c4cccc(-c5cccc(-c6ncc7c8ccccc8c8ccccc8c7n6)c5)c4)ccc32)cc1. The van der Waals surface area contributed by atoms with Crippen LogP contribution in [0.1, 0.15) is 0 Å². The zero-order chi connectivity index (χ0) is 33.0. The van der Waals surface area contributed by atoms with Gasteiger partial charge in [-0.05, 0) is 62.7 Å². The van der Waals surface area contributed by atoms with Gasteiger partial charge in [-0.15, -0.1) is 0 Å². The number of nitrogens with zero attached hydrogens (tertiary/aromatic N) is 2. The lowest BCUT2D eigenvalue weighted by molar-refractivity contribution is 1.23. The van der Waals surface area contributed by atoms with Crippen molar-refractivity contribution >= 4 is 67.3 Å². The predicted octanol–water partition coefficient (Wildman–Crippen LogP) is 9.92. The molecule has 2 nitrogen and oxygen atoms in total. The van der Waals surface area contributed by atoms with Gasteiger partial charge in [0.1, 0.15) is 0 Å². The summed E-state index contributed by atoms with van der Waals surface area (Å²) in [5, 5.41) is 5.85. The van der Waals surface area contributed by atoms with E-state index in [0.29, 0.717) is 0 Å². The molecule has 0 aliphatic carbocycles. The van der Waals surface area contributed by atoms with E-state index in [9.17, 15) is 0 Å². The Balaban J connectivity index is 1.03. The highest BCUT2D eigenvalue weighted by atomic mass is 32.2. The first-order valence-corrected chi connectivity index (χ1v) is 17.8. The second-order valence-corrected chi connectivity index (χ2v) is 14.0. The fourth-order valence-electron chi connectivity index (χ4n) is 7.66. The van der Waals surface area contributed by atoms with Crippen molar-refractivity contribution in [3.05, 3.63) is 176 Å². The van der Waals surface area contributed by atoms with Crippen molar-refractivity contribution in [2.75, 3.05) is 0 Å². The van der Waals surface area contributed by atoms with Crippen molar-refractivity contribution in [2.24, 2.45) is 0 Å². The van der Waals surface area contributed by atoms with Crippen LogP contribution in [0.4, 0.5) is 0 Å². The van der Waals surface area contributed by atoms with Crippen molar-refractivity contribution in [1.29, 1.82) is 0 Å². The predicted molar refractivity (Wildman–Crippen MR) is 213 cm³/mol. The van der Waals surface area contributed by atoms with Crippen molar-refractivity contribution in [1.82, 2.24) is 9.97 Å². The van der Waals surface area contributed by atoms with Gasteiger partial charge in [-0.25, -0.2) is 9.97 Å². The number of benzene rings is 8. The smallest absolute Gasteiger partial charge is 0.236 e. The maximum Gasteiger partial charge on any atom is 0.244 e. The molecule has 0 saturated carbocycles. The third kappa shape index (κ3) is 4.83. The molecule has 0 amide bonds. The molecular weight excluding hydrogens is 623 g/mol. The average Bonchev–Trinajstić information content (AvgIpc) is 3.20. The maximum atomic E-state index is 5.20. The summed E-state index contributed by atoms with van der Waals surface area (Å²) < 4.78 is 0. The Morgan fingerprint density at radius 1 is 0.400 bits per heavy atom. The lowest BCUT2D eigenvalue weighted by Gasteiger charge is -2.26. The van der Waals surface area contributed by atoms with Crippen LogP contribution in [-0.2, 0) is 0 Å². The third-order valence-electron chi connectivity index (χ3n) is 10.0. The second-order valence-electron chi connectivity index (χ2n) is 12.9. The van der Waals surface area contributed by atoms with E-state index in [1.54, 1.807) is 0 Å². The van der Waals surface area contributed by atoms with Crippen molar-refractivity contribution in [3.63, 3.8) is 0 Å². The highest BCUT2D eigenvalue weighted by molar-refractivity contribution is 8.00. The number of fused-ring (bicyclic) bond motifs is 8. The van der Waals surface area contributed by atoms with Crippen LogP contribution in [0, 0.1) is 0 Å². The molecule has 0 spiro atoms. The highest BCUT2D eigenvalue weighted by Crippen LogP contribution is 2.36. The minimum Gasteiger partial charge on any atom is -0.236 e. The largest absolute Gasteiger partial charge is 0.244 e. The van der Waals surface area contributed by atoms with E-state index in [4.69, 9.17) is 9.97 Å². The Morgan fingerprint density at radius 2 is 0.960 bits per heavy atom. The van der Waals surface area contributed by atoms with Crippen LogP contribution in [-0.4, -0.2) is 16.7 Å². The van der Waals surface area contributed by atoms with Gasteiger partial charge in [0.05, 0.1) is 5.52 Å². The van der Waals surface area contributed by atoms with Crippen LogP contribution in [0.5, 0.6) is 0 Å². The quantitative estimate of drug-likeness (QED) is 0.140. The molecule has 0 N–H and O–H groups in total. The molecule has 1 aliphatic rings. The summed E-state index contributed by atoms with van der Waals surface area (Å²) in [4.78, 5) is 12.7. The first-order valence-electron chi connectivity index (χ1n) is 17.0. The Bertz CT molecular complexity index is 2720. The topological polar surface area (TPSA) is 25.8 Å². The standard InChI is InChI=1S/C46H29BN2S/c1-2-16-35(17-3-1)47-41-22-8-9-23-43(41)50-44-28-33(24-25-42(44)47)31-13-10-12-30(26-31)32-14-11-15-34(27-32)46-48-29-40-38-20-5-4-18-36(38)37-19-6-7-21-39(37)45(40)49-46/h1-29H. The molecule has 0 fully saturated rings. The number of hydrogen-bond donors (Lipinski definition) is 0. The first kappa shape index (κ1) is 29.0. The monoisotopic (exact) mass is 652 g/mol. The molecule has 1 aliphatic heterocycles. The van der Waals surface area contributed by atoms with Gasteiger partial charge in [0.15, 0.2) is 5.82 Å². The molecule has 10 rings (SSSR count). The molecule has 0 unspecified atom stereocenters. The summed E-state index contributed by atoms with van der Waals surface area (Å²) in [5.74, 6) is 0.732. The summed E-state index contributed by atoms with van der Waals surface area (Å²) in [5.41, 5.74) is 10.8. The van der Waals surface area contributed by atoms with E-state index < -0.39 is 0 Å². The Kier molecular flexibility index (Phi) is 6.88. The van der Waals surface area contributed by atoms with Crippen LogP contribution < -0.4 is 16.4 Å². The molecule has 0 atom stereocenters. The van der Waals surface area contributed by atoms with Crippen LogP contribution in [0.15, 0.2) is 186 Å². The molecule has 0 bridgehead atoms. The van der Waals surface area contributed by atoms with Gasteiger partial charge in [0.2, 0.25) is 6.71 Å². The van der Waals surface area contributed by atoms with Crippen LogP contribution in [0.3, 0.4) is 0 Å². The molecule has 232 valence electrons. The zero-order valence-corrected chi connectivity index (χ0v) is 27.9. The van der Waals surface area contributed by atoms with E-state index in [-0.39, 0.29) is 6.71 Å². The minimum absolute atomic E-state index is 0.223. The van der Waals surface area contributed by atoms with Crippen molar-refractivity contribution < 1.29 is 0 Å². The van der Waals surface area contributed by atoms with E-state index in [1.165, 1.54) is 59.0 Å². The van der Waals surface area contributed by atoms with Gasteiger partial charge in [0.25, 0.3) is 0 Å². The Labute approximate surface area is 295 Å².